The van der Waals surface area contributed by atoms with Gasteiger partial charge in [-0.05, 0) is 67.9 Å². The molecule has 1 aliphatic heterocycles. The lowest BCUT2D eigenvalue weighted by Crippen LogP contribution is -2.29. The number of benzene rings is 2. The number of hydrogen-bond acceptors (Lipinski definition) is 5. The fraction of sp³-hybridized carbons (Fsp3) is 0.200. The molecular formula is C25H22FNO5. The highest BCUT2D eigenvalue weighted by Crippen LogP contribution is 2.40. The highest BCUT2D eigenvalue weighted by atomic mass is 19.1. The van der Waals surface area contributed by atoms with Crippen LogP contribution in [0, 0.1) is 5.82 Å². The Bertz CT molecular complexity index is 1150. The number of aliphatic hydroxyl groups is 1. The van der Waals surface area contributed by atoms with E-state index in [1.165, 1.54) is 23.3 Å². The number of hydrogen-bond donors (Lipinski definition) is 1. The minimum atomic E-state index is -0.915. The minimum Gasteiger partial charge on any atom is -0.507 e. The standard InChI is InChI=1S/C25H22FNO5/c1-15(2)32-19-11-7-17(8-12-19)23(28)21-22(20-4-3-13-31-20)27(25(30)24(21)29)14-16-5-9-18(26)10-6-16/h3-13,15,22,28H,14H2,1-2H3/b23-21-. The summed E-state index contributed by atoms with van der Waals surface area (Å²) in [6.07, 6.45) is 1.43. The van der Waals surface area contributed by atoms with E-state index in [1.54, 1.807) is 48.5 Å². The molecule has 1 amide bonds. The molecule has 0 radical (unpaired) electrons. The van der Waals surface area contributed by atoms with Gasteiger partial charge in [-0.25, -0.2) is 4.39 Å². The van der Waals surface area contributed by atoms with Crippen LogP contribution in [-0.4, -0.2) is 27.8 Å². The zero-order valence-electron chi connectivity index (χ0n) is 17.6. The average molecular weight is 435 g/mol. The molecule has 164 valence electrons. The number of carbonyl (C=O) groups is 2. The van der Waals surface area contributed by atoms with Crippen molar-refractivity contribution in [3.8, 4) is 5.75 Å². The Morgan fingerprint density at radius 1 is 1.09 bits per heavy atom. The highest BCUT2D eigenvalue weighted by molar-refractivity contribution is 6.46. The van der Waals surface area contributed by atoms with Crippen LogP contribution in [0.15, 0.2) is 76.9 Å². The van der Waals surface area contributed by atoms with Crippen molar-refractivity contribution in [2.24, 2.45) is 0 Å². The summed E-state index contributed by atoms with van der Waals surface area (Å²) in [7, 11) is 0. The monoisotopic (exact) mass is 435 g/mol. The molecule has 0 bridgehead atoms. The lowest BCUT2D eigenvalue weighted by atomic mass is 9.99. The van der Waals surface area contributed by atoms with Crippen LogP contribution in [0.5, 0.6) is 5.75 Å². The third kappa shape index (κ3) is 4.14. The van der Waals surface area contributed by atoms with Gasteiger partial charge in [-0.2, -0.15) is 0 Å². The molecule has 32 heavy (non-hydrogen) atoms. The van der Waals surface area contributed by atoms with Crippen molar-refractivity contribution < 1.29 is 28.2 Å². The van der Waals surface area contributed by atoms with Gasteiger partial charge in [0.1, 0.15) is 29.1 Å². The number of aliphatic hydroxyl groups excluding tert-OH is 1. The molecule has 0 spiro atoms. The zero-order valence-corrected chi connectivity index (χ0v) is 17.6. The fourth-order valence-corrected chi connectivity index (χ4v) is 3.69. The van der Waals surface area contributed by atoms with Crippen molar-refractivity contribution in [2.75, 3.05) is 0 Å². The maximum absolute atomic E-state index is 13.3. The topological polar surface area (TPSA) is 80.0 Å². The Kier molecular flexibility index (Phi) is 5.81. The van der Waals surface area contributed by atoms with Crippen molar-refractivity contribution >= 4 is 17.4 Å². The van der Waals surface area contributed by atoms with Crippen LogP contribution >= 0.6 is 0 Å². The molecular weight excluding hydrogens is 413 g/mol. The van der Waals surface area contributed by atoms with Crippen LogP contribution in [0.1, 0.15) is 36.8 Å². The van der Waals surface area contributed by atoms with Crippen molar-refractivity contribution in [1.29, 1.82) is 0 Å². The van der Waals surface area contributed by atoms with E-state index in [4.69, 9.17) is 9.15 Å². The van der Waals surface area contributed by atoms with E-state index >= 15 is 0 Å². The molecule has 0 saturated carbocycles. The van der Waals surface area contributed by atoms with E-state index in [0.717, 1.165) is 0 Å². The lowest BCUT2D eigenvalue weighted by Gasteiger charge is -2.23. The first-order chi connectivity index (χ1) is 15.3. The van der Waals surface area contributed by atoms with Crippen LogP contribution < -0.4 is 4.74 Å². The molecule has 1 N–H and O–H groups in total. The number of halogens is 1. The fourth-order valence-electron chi connectivity index (χ4n) is 3.69. The molecule has 7 heteroatoms. The van der Waals surface area contributed by atoms with Gasteiger partial charge in [0.05, 0.1) is 17.9 Å². The van der Waals surface area contributed by atoms with E-state index in [1.807, 2.05) is 13.8 Å². The van der Waals surface area contributed by atoms with E-state index in [2.05, 4.69) is 0 Å². The first-order valence-electron chi connectivity index (χ1n) is 10.2. The molecule has 2 aromatic carbocycles. The Morgan fingerprint density at radius 2 is 1.78 bits per heavy atom. The van der Waals surface area contributed by atoms with Crippen LogP contribution in [-0.2, 0) is 16.1 Å². The third-order valence-electron chi connectivity index (χ3n) is 5.12. The number of carbonyl (C=O) groups excluding carboxylic acids is 2. The number of ether oxygens (including phenoxy) is 1. The summed E-state index contributed by atoms with van der Waals surface area (Å²) in [4.78, 5) is 27.2. The lowest BCUT2D eigenvalue weighted by molar-refractivity contribution is -0.140. The van der Waals surface area contributed by atoms with Gasteiger partial charge < -0.3 is 19.2 Å². The Labute approximate surface area is 184 Å². The van der Waals surface area contributed by atoms with E-state index in [9.17, 15) is 19.1 Å². The summed E-state index contributed by atoms with van der Waals surface area (Å²) in [6.45, 7) is 3.85. The summed E-state index contributed by atoms with van der Waals surface area (Å²) < 4.78 is 24.4. The number of ketones is 1. The Balaban J connectivity index is 1.75. The number of rotatable bonds is 6. The quantitative estimate of drug-likeness (QED) is 0.341. The van der Waals surface area contributed by atoms with Gasteiger partial charge in [0.15, 0.2) is 0 Å². The van der Waals surface area contributed by atoms with Crippen molar-refractivity contribution in [2.45, 2.75) is 32.5 Å². The summed E-state index contributed by atoms with van der Waals surface area (Å²) in [5, 5.41) is 11.0. The molecule has 1 aromatic heterocycles. The normalized spacial score (nSPS) is 17.9. The predicted octanol–water partition coefficient (Wildman–Crippen LogP) is 4.83. The largest absolute Gasteiger partial charge is 0.507 e. The summed E-state index contributed by atoms with van der Waals surface area (Å²) in [6, 6.07) is 14.6. The average Bonchev–Trinajstić information content (AvgIpc) is 3.38. The van der Waals surface area contributed by atoms with Crippen molar-refractivity contribution in [3.05, 3.63) is 95.2 Å². The second kappa shape index (κ2) is 8.70. The molecule has 3 aromatic rings. The molecule has 2 heterocycles. The Hall–Kier alpha value is -3.87. The molecule has 0 aliphatic carbocycles. The van der Waals surface area contributed by atoms with Gasteiger partial charge in [0.2, 0.25) is 0 Å². The SMILES string of the molecule is CC(C)Oc1ccc(/C(O)=C2/C(=O)C(=O)N(Cc3ccc(F)cc3)C2c2ccco2)cc1. The Morgan fingerprint density at radius 3 is 2.38 bits per heavy atom. The molecule has 1 saturated heterocycles. The van der Waals surface area contributed by atoms with Gasteiger partial charge in [-0.1, -0.05) is 12.1 Å². The number of likely N-dealkylation sites (tertiary alicyclic amines) is 1. The highest BCUT2D eigenvalue weighted by Gasteiger charge is 2.47. The van der Waals surface area contributed by atoms with Crippen LogP contribution in [0.4, 0.5) is 4.39 Å². The van der Waals surface area contributed by atoms with Gasteiger partial charge in [0.25, 0.3) is 11.7 Å². The molecule has 1 unspecified atom stereocenters. The first-order valence-corrected chi connectivity index (χ1v) is 10.2. The third-order valence-corrected chi connectivity index (χ3v) is 5.12. The second-order valence-electron chi connectivity index (χ2n) is 7.76. The minimum absolute atomic E-state index is 0.00909. The van der Waals surface area contributed by atoms with Crippen LogP contribution in [0.3, 0.4) is 0 Å². The molecule has 1 atom stereocenters. The maximum Gasteiger partial charge on any atom is 0.296 e. The number of Topliss-reactive ketones (excluding diaryl/α,β-unsaturated/α-hetero) is 1. The van der Waals surface area contributed by atoms with Gasteiger partial charge in [-0.3, -0.25) is 9.59 Å². The van der Waals surface area contributed by atoms with E-state index < -0.39 is 23.5 Å². The van der Waals surface area contributed by atoms with Crippen molar-refractivity contribution in [1.82, 2.24) is 4.90 Å². The predicted molar refractivity (Wildman–Crippen MR) is 115 cm³/mol. The molecule has 4 rings (SSSR count). The van der Waals surface area contributed by atoms with E-state index in [-0.39, 0.29) is 24.0 Å². The summed E-state index contributed by atoms with van der Waals surface area (Å²) >= 11 is 0. The summed E-state index contributed by atoms with van der Waals surface area (Å²) in [5.41, 5.74) is 0.946. The van der Waals surface area contributed by atoms with Crippen LogP contribution in [0.25, 0.3) is 5.76 Å². The second-order valence-corrected chi connectivity index (χ2v) is 7.76. The smallest absolute Gasteiger partial charge is 0.296 e. The number of amides is 1. The van der Waals surface area contributed by atoms with Gasteiger partial charge >= 0.3 is 0 Å². The number of furan rings is 1. The molecule has 1 aliphatic rings. The first kappa shape index (κ1) is 21.4. The molecule has 1 fully saturated rings. The summed E-state index contributed by atoms with van der Waals surface area (Å²) in [5.74, 6) is -1.32. The van der Waals surface area contributed by atoms with E-state index in [0.29, 0.717) is 22.6 Å². The zero-order chi connectivity index (χ0) is 22.8. The van der Waals surface area contributed by atoms with Gasteiger partial charge in [0, 0.05) is 12.1 Å². The number of nitrogens with zero attached hydrogens (tertiary/aromatic N) is 1. The molecule has 6 nitrogen and oxygen atoms in total. The van der Waals surface area contributed by atoms with Gasteiger partial charge in [-0.15, -0.1) is 0 Å². The van der Waals surface area contributed by atoms with Crippen LogP contribution in [0.2, 0.25) is 0 Å². The van der Waals surface area contributed by atoms with Crippen molar-refractivity contribution in [3.63, 3.8) is 0 Å². The maximum atomic E-state index is 13.3.